The summed E-state index contributed by atoms with van der Waals surface area (Å²) in [5.74, 6) is 1.31. The molecule has 3 rings (SSSR count). The topological polar surface area (TPSA) is 83.4 Å². The van der Waals surface area contributed by atoms with E-state index < -0.39 is 6.10 Å². The molecule has 32 heavy (non-hydrogen) atoms. The molecule has 7 nitrogen and oxygen atoms in total. The molecule has 1 aliphatic heterocycles. The molecule has 2 fully saturated rings. The number of rotatable bonds is 12. The minimum atomic E-state index is -0.574. The molecule has 2 aliphatic rings. The zero-order valence-electron chi connectivity index (χ0n) is 20.0. The lowest BCUT2D eigenvalue weighted by atomic mass is 9.91. The van der Waals surface area contributed by atoms with E-state index in [1.165, 1.54) is 12.8 Å². The Morgan fingerprint density at radius 1 is 1.16 bits per heavy atom. The molecule has 1 saturated heterocycles. The van der Waals surface area contributed by atoms with Gasteiger partial charge in [-0.1, -0.05) is 32.8 Å². The fourth-order valence-electron chi connectivity index (χ4n) is 4.69. The number of nitrogens with zero attached hydrogens (tertiary/aromatic N) is 1. The van der Waals surface area contributed by atoms with E-state index in [2.05, 4.69) is 10.2 Å². The van der Waals surface area contributed by atoms with Crippen LogP contribution in [-0.4, -0.2) is 85.5 Å². The molecular weight excluding hydrogens is 408 g/mol. The van der Waals surface area contributed by atoms with Gasteiger partial charge in [-0.15, -0.1) is 0 Å². The molecule has 1 saturated carbocycles. The van der Waals surface area contributed by atoms with Crippen LogP contribution in [-0.2, 0) is 11.2 Å². The number of hydrogen-bond acceptors (Lipinski definition) is 7. The van der Waals surface area contributed by atoms with Gasteiger partial charge in [0.05, 0.1) is 25.9 Å². The van der Waals surface area contributed by atoms with Crippen LogP contribution in [0.1, 0.15) is 51.5 Å². The van der Waals surface area contributed by atoms with Gasteiger partial charge < -0.3 is 29.7 Å². The highest BCUT2D eigenvalue weighted by Crippen LogP contribution is 2.30. The standard InChI is InChI=1S/C25H42N2O5/c1-18(2)26-15-21(29)17-32-24-9-8-19(14-25(24)30-3)11-13-31-23-7-5-4-6-22(23)27-12-10-20(28)16-27/h8-9,14,18,20-23,26,28-29H,4-7,10-13,15-17H2,1-3H3/t20?,21-,22-,23+/m1/s1. The first-order valence-electron chi connectivity index (χ1n) is 12.2. The first kappa shape index (κ1) is 25.2. The van der Waals surface area contributed by atoms with Gasteiger partial charge >= 0.3 is 0 Å². The normalized spacial score (nSPS) is 25.2. The summed E-state index contributed by atoms with van der Waals surface area (Å²) in [6.07, 6.45) is 5.91. The molecule has 182 valence electrons. The van der Waals surface area contributed by atoms with E-state index in [4.69, 9.17) is 14.2 Å². The molecule has 1 aliphatic carbocycles. The number of β-amino-alcohol motifs (C(OH)–C–C–N with tert-alkyl or cyclic N) is 1. The molecular formula is C25H42N2O5. The van der Waals surface area contributed by atoms with E-state index in [9.17, 15) is 10.2 Å². The summed E-state index contributed by atoms with van der Waals surface area (Å²) in [7, 11) is 1.64. The van der Waals surface area contributed by atoms with E-state index in [1.54, 1.807) is 7.11 Å². The second-order valence-corrected chi connectivity index (χ2v) is 9.46. The van der Waals surface area contributed by atoms with Crippen molar-refractivity contribution in [2.24, 2.45) is 0 Å². The number of aliphatic hydroxyl groups excluding tert-OH is 2. The monoisotopic (exact) mass is 450 g/mol. The van der Waals surface area contributed by atoms with Crippen molar-refractivity contribution in [1.82, 2.24) is 10.2 Å². The van der Waals surface area contributed by atoms with Crippen molar-refractivity contribution >= 4 is 0 Å². The van der Waals surface area contributed by atoms with Gasteiger partial charge in [0, 0.05) is 31.7 Å². The smallest absolute Gasteiger partial charge is 0.161 e. The Labute approximate surface area is 193 Å². The molecule has 0 amide bonds. The van der Waals surface area contributed by atoms with Gasteiger partial charge in [0.1, 0.15) is 12.7 Å². The predicted molar refractivity (Wildman–Crippen MR) is 126 cm³/mol. The quantitative estimate of drug-likeness (QED) is 0.451. The average molecular weight is 451 g/mol. The summed E-state index contributed by atoms with van der Waals surface area (Å²) in [4.78, 5) is 2.43. The molecule has 0 radical (unpaired) electrons. The van der Waals surface area contributed by atoms with E-state index >= 15 is 0 Å². The fourth-order valence-corrected chi connectivity index (χ4v) is 4.69. The van der Waals surface area contributed by atoms with Gasteiger partial charge in [-0.2, -0.15) is 0 Å². The summed E-state index contributed by atoms with van der Waals surface area (Å²) >= 11 is 0. The van der Waals surface area contributed by atoms with Crippen molar-refractivity contribution in [3.8, 4) is 11.5 Å². The van der Waals surface area contributed by atoms with E-state index in [0.717, 1.165) is 44.3 Å². The van der Waals surface area contributed by atoms with Crippen molar-refractivity contribution in [1.29, 1.82) is 0 Å². The highest BCUT2D eigenvalue weighted by molar-refractivity contribution is 5.43. The van der Waals surface area contributed by atoms with Gasteiger partial charge in [-0.3, -0.25) is 4.90 Å². The Morgan fingerprint density at radius 2 is 1.97 bits per heavy atom. The van der Waals surface area contributed by atoms with E-state index in [-0.39, 0.29) is 18.8 Å². The number of likely N-dealkylation sites (tertiary alicyclic amines) is 1. The zero-order valence-corrected chi connectivity index (χ0v) is 20.0. The number of aliphatic hydroxyl groups is 2. The van der Waals surface area contributed by atoms with Crippen molar-refractivity contribution in [2.75, 3.05) is 40.0 Å². The number of nitrogens with one attached hydrogen (secondary N) is 1. The molecule has 4 atom stereocenters. The molecule has 1 unspecified atom stereocenters. The third-order valence-corrected chi connectivity index (χ3v) is 6.48. The largest absolute Gasteiger partial charge is 0.493 e. The van der Waals surface area contributed by atoms with Gasteiger partial charge in [0.25, 0.3) is 0 Å². The molecule has 1 heterocycles. The Morgan fingerprint density at radius 3 is 2.69 bits per heavy atom. The van der Waals surface area contributed by atoms with Crippen molar-refractivity contribution < 1.29 is 24.4 Å². The highest BCUT2D eigenvalue weighted by Gasteiger charge is 2.34. The summed E-state index contributed by atoms with van der Waals surface area (Å²) in [6, 6.07) is 6.70. The molecule has 1 aromatic rings. The van der Waals surface area contributed by atoms with Crippen LogP contribution in [0.3, 0.4) is 0 Å². The third kappa shape index (κ3) is 7.59. The second kappa shape index (κ2) is 12.8. The summed E-state index contributed by atoms with van der Waals surface area (Å²) in [5, 5.41) is 23.2. The minimum absolute atomic E-state index is 0.182. The van der Waals surface area contributed by atoms with Gasteiger partial charge in [-0.25, -0.2) is 0 Å². The van der Waals surface area contributed by atoms with Gasteiger partial charge in [-0.05, 0) is 43.4 Å². The number of benzene rings is 1. The molecule has 0 aromatic heterocycles. The Kier molecular flexibility index (Phi) is 10.1. The molecule has 0 spiro atoms. The summed E-state index contributed by atoms with van der Waals surface area (Å²) in [5.41, 5.74) is 1.14. The third-order valence-electron chi connectivity index (χ3n) is 6.48. The lowest BCUT2D eigenvalue weighted by molar-refractivity contribution is -0.0316. The lowest BCUT2D eigenvalue weighted by Gasteiger charge is -2.37. The Balaban J connectivity index is 1.47. The van der Waals surface area contributed by atoms with Crippen LogP contribution in [0.4, 0.5) is 0 Å². The lowest BCUT2D eigenvalue weighted by Crippen LogP contribution is -2.46. The number of hydrogen-bond donors (Lipinski definition) is 3. The van der Waals surface area contributed by atoms with Crippen molar-refractivity contribution in [2.45, 2.75) is 82.8 Å². The van der Waals surface area contributed by atoms with Crippen LogP contribution in [0.5, 0.6) is 11.5 Å². The van der Waals surface area contributed by atoms with Crippen LogP contribution in [0.2, 0.25) is 0 Å². The van der Waals surface area contributed by atoms with Gasteiger partial charge in [0.15, 0.2) is 11.5 Å². The first-order chi connectivity index (χ1) is 15.5. The maximum atomic E-state index is 10.1. The molecule has 7 heteroatoms. The first-order valence-corrected chi connectivity index (χ1v) is 12.2. The molecule has 3 N–H and O–H groups in total. The maximum absolute atomic E-state index is 10.1. The van der Waals surface area contributed by atoms with Crippen molar-refractivity contribution in [3.63, 3.8) is 0 Å². The van der Waals surface area contributed by atoms with Crippen LogP contribution >= 0.6 is 0 Å². The van der Waals surface area contributed by atoms with E-state index in [1.807, 2.05) is 32.0 Å². The molecule has 1 aromatic carbocycles. The highest BCUT2D eigenvalue weighted by atomic mass is 16.5. The minimum Gasteiger partial charge on any atom is -0.493 e. The zero-order chi connectivity index (χ0) is 22.9. The second-order valence-electron chi connectivity index (χ2n) is 9.46. The molecule has 0 bridgehead atoms. The van der Waals surface area contributed by atoms with Crippen molar-refractivity contribution in [3.05, 3.63) is 23.8 Å². The van der Waals surface area contributed by atoms with Crippen LogP contribution in [0.25, 0.3) is 0 Å². The predicted octanol–water partition coefficient (Wildman–Crippen LogP) is 2.37. The number of methoxy groups -OCH3 is 1. The summed E-state index contributed by atoms with van der Waals surface area (Å²) < 4.78 is 17.6. The number of ether oxygens (including phenoxy) is 3. The van der Waals surface area contributed by atoms with Gasteiger partial charge in [0.2, 0.25) is 0 Å². The maximum Gasteiger partial charge on any atom is 0.161 e. The Bertz CT molecular complexity index is 686. The van der Waals surface area contributed by atoms with E-state index in [0.29, 0.717) is 36.7 Å². The van der Waals surface area contributed by atoms with Crippen LogP contribution < -0.4 is 14.8 Å². The fraction of sp³-hybridized carbons (Fsp3) is 0.760. The summed E-state index contributed by atoms with van der Waals surface area (Å²) in [6.45, 7) is 7.23. The SMILES string of the molecule is COc1cc(CCO[C@H]2CCCC[C@H]2N2CCC(O)C2)ccc1OC[C@H](O)CNC(C)C. The Hall–Kier alpha value is -1.38. The average Bonchev–Trinajstić information content (AvgIpc) is 3.23. The van der Waals surface area contributed by atoms with Crippen LogP contribution in [0.15, 0.2) is 18.2 Å². The van der Waals surface area contributed by atoms with Crippen LogP contribution in [0, 0.1) is 0 Å².